The molecule has 0 aromatic heterocycles. The second-order valence-electron chi connectivity index (χ2n) is 22.7. The van der Waals surface area contributed by atoms with Crippen LogP contribution in [0.15, 0.2) is 91.0 Å². The van der Waals surface area contributed by atoms with Gasteiger partial charge in [0.1, 0.15) is 24.2 Å². The predicted molar refractivity (Wildman–Crippen MR) is 332 cm³/mol. The van der Waals surface area contributed by atoms with Crippen molar-refractivity contribution < 1.29 is 55.9 Å². The van der Waals surface area contributed by atoms with Crippen LogP contribution in [0.4, 0.5) is 28.4 Å². The Balaban J connectivity index is 0.818. The molecule has 1 fully saturated rings. The lowest BCUT2D eigenvalue weighted by molar-refractivity contribution is -0.138. The molecule has 5 aromatic rings. The van der Waals surface area contributed by atoms with Crippen LogP contribution in [0.3, 0.4) is 0 Å². The molecule has 18 nitrogen and oxygen atoms in total. The Labute approximate surface area is 502 Å². The number of hydrogen-bond acceptors (Lipinski definition) is 16. The number of imide groups is 1. The molecule has 5 aromatic carbocycles. The fourth-order valence-corrected chi connectivity index (χ4v) is 16.3. The first kappa shape index (κ1) is 60.4. The fraction of sp³-hybridized carbons (Fsp3) is 0.419. The van der Waals surface area contributed by atoms with E-state index in [2.05, 4.69) is 27.2 Å². The van der Waals surface area contributed by atoms with Gasteiger partial charge < -0.3 is 39.1 Å². The number of aryl methyl sites for hydroxylation is 1. The number of nitrogens with one attached hydrogen (secondary N) is 1. The largest absolute Gasteiger partial charge is 0.493 e. The van der Waals surface area contributed by atoms with Gasteiger partial charge in [-0.2, -0.15) is 20.2 Å². The van der Waals surface area contributed by atoms with Gasteiger partial charge in [-0.3, -0.25) is 38.2 Å². The van der Waals surface area contributed by atoms with E-state index < -0.39 is 31.1 Å². The number of carbonyl (C=O) groups excluding carboxylic acids is 6. The number of carbonyl (C=O) groups is 6. The average Bonchev–Trinajstić information content (AvgIpc) is 1.81. The molecule has 4 atom stereocenters. The number of likely N-dealkylation sites (N-methyl/N-ethyl adjacent to an activating group) is 2. The van der Waals surface area contributed by atoms with Crippen LogP contribution in [0, 0.1) is 6.92 Å². The smallest absolute Gasteiger partial charge is 0.275 e. The van der Waals surface area contributed by atoms with E-state index in [9.17, 15) is 41.7 Å². The van der Waals surface area contributed by atoms with Crippen molar-refractivity contribution in [3.8, 4) is 17.2 Å². The zero-order valence-corrected chi connectivity index (χ0v) is 51.4. The minimum atomic E-state index is -4.73. The number of benzene rings is 5. The molecule has 84 heavy (non-hydrogen) atoms. The summed E-state index contributed by atoms with van der Waals surface area (Å²) in [5.74, 6) is -0.102. The molecular weight excluding hydrogens is 1150 g/mol. The van der Waals surface area contributed by atoms with Crippen molar-refractivity contribution in [3.63, 3.8) is 0 Å². The molecule has 5 amide bonds. The number of ketones is 1. The highest BCUT2D eigenvalue weighted by Crippen LogP contribution is 2.44. The van der Waals surface area contributed by atoms with Gasteiger partial charge >= 0.3 is 0 Å². The van der Waals surface area contributed by atoms with Crippen molar-refractivity contribution in [2.45, 2.75) is 113 Å². The van der Waals surface area contributed by atoms with Crippen molar-refractivity contribution in [1.29, 1.82) is 0 Å². The standard InChI is InChI=1S/C62H70N6O12S4/c1-37-23-45-49(64(4)33-43-27-40-13-8-10-15-47(40)67(43)59(45)72)30-52(37)79-35-38-24-39(36-80-54-31-50-46(29-53(54)78-6)60(73)68-44(34-65(50)5)28-41-14-9-11-16-48(41)68)26-42(25-38)63-57(70)18-20-62(2,3)83-82-22-19-56(84(75,76)77)51(69)17-12-21-66-58(71)32-55(81-7)61(66)74/h8-11,13-16,23-26,29-31,43-44,55-56H,12,17-22,27-28,32-36H2,1-7H3,(H,63,70)(H,75,76,77)/t43-,44-,55?,56?/m0/s1. The summed E-state index contributed by atoms with van der Waals surface area (Å²) in [4.78, 5) is 89.5. The van der Waals surface area contributed by atoms with Gasteiger partial charge in [0.15, 0.2) is 17.3 Å². The number of thioether (sulfide) groups is 1. The van der Waals surface area contributed by atoms with E-state index in [-0.39, 0.29) is 99.2 Å². The van der Waals surface area contributed by atoms with E-state index in [1.54, 1.807) is 12.3 Å². The lowest BCUT2D eigenvalue weighted by Gasteiger charge is -2.25. The van der Waals surface area contributed by atoms with Crippen LogP contribution >= 0.6 is 33.3 Å². The molecule has 2 N–H and O–H groups in total. The highest BCUT2D eigenvalue weighted by Gasteiger charge is 2.42. The number of hydrogen-bond donors (Lipinski definition) is 2. The highest BCUT2D eigenvalue weighted by atomic mass is 33.1. The van der Waals surface area contributed by atoms with Gasteiger partial charge in [0.2, 0.25) is 17.7 Å². The van der Waals surface area contributed by atoms with Crippen molar-refractivity contribution in [3.05, 3.63) is 130 Å². The molecule has 0 saturated carbocycles. The SMILES string of the molecule is COc1cc2c(cc1OCc1cc(COc3cc4c(cc3C)C(=O)N3c5ccccc5C[C@H]3CN4C)cc(NC(=O)CCC(C)(C)SSCCC(C(=O)CCCN3C(=O)CC(SC)C3=O)S(=O)(=O)O)c1)N(C)C[C@@H]1Cc3ccccc3N1C2=O. The zero-order chi connectivity index (χ0) is 59.8. The number of methoxy groups -OCH3 is 1. The Bertz CT molecular complexity index is 3540. The summed E-state index contributed by atoms with van der Waals surface area (Å²) in [6.45, 7) is 7.27. The molecule has 0 aliphatic carbocycles. The highest BCUT2D eigenvalue weighted by molar-refractivity contribution is 8.77. The van der Waals surface area contributed by atoms with Crippen LogP contribution in [-0.4, -0.2) is 133 Å². The molecule has 1 saturated heterocycles. The molecule has 10 rings (SSSR count). The van der Waals surface area contributed by atoms with Crippen molar-refractivity contribution in [2.75, 3.05) is 77.8 Å². The monoisotopic (exact) mass is 1220 g/mol. The van der Waals surface area contributed by atoms with E-state index in [0.29, 0.717) is 64.8 Å². The molecule has 0 radical (unpaired) electrons. The molecule has 2 unspecified atom stereocenters. The average molecular weight is 1220 g/mol. The Morgan fingerprint density at radius 1 is 0.750 bits per heavy atom. The number of rotatable bonds is 23. The summed E-state index contributed by atoms with van der Waals surface area (Å²) in [6.07, 6.45) is 3.64. The molecule has 444 valence electrons. The molecule has 5 aliphatic heterocycles. The minimum Gasteiger partial charge on any atom is -0.493 e. The third-order valence-electron chi connectivity index (χ3n) is 16.2. The van der Waals surface area contributed by atoms with Crippen LogP contribution in [0.5, 0.6) is 17.2 Å². The summed E-state index contributed by atoms with van der Waals surface area (Å²) in [6, 6.07) is 29.1. The minimum absolute atomic E-state index is 0.000163. The maximum atomic E-state index is 14.3. The number of likely N-dealkylation sites (tertiary alicyclic amines) is 1. The van der Waals surface area contributed by atoms with Gasteiger partial charge in [-0.25, -0.2) is 0 Å². The van der Waals surface area contributed by atoms with Crippen molar-refractivity contribution in [2.24, 2.45) is 0 Å². The number of amides is 5. The molecule has 0 spiro atoms. The normalized spacial score (nSPS) is 18.6. The zero-order valence-electron chi connectivity index (χ0n) is 48.2. The van der Waals surface area contributed by atoms with Crippen LogP contribution < -0.4 is 39.1 Å². The Kier molecular flexibility index (Phi) is 18.0. The number of anilines is 5. The number of fused-ring (bicyclic) bond motifs is 8. The number of para-hydroxylation sites is 2. The second kappa shape index (κ2) is 25.1. The fourth-order valence-electron chi connectivity index (χ4n) is 12.0. The third-order valence-corrected chi connectivity index (χ3v) is 21.8. The summed E-state index contributed by atoms with van der Waals surface area (Å²) < 4.78 is 53.3. The molecule has 5 aliphatic rings. The van der Waals surface area contributed by atoms with Gasteiger partial charge in [-0.05, 0) is 129 Å². The Morgan fingerprint density at radius 2 is 1.32 bits per heavy atom. The van der Waals surface area contributed by atoms with Crippen molar-refractivity contribution in [1.82, 2.24) is 4.90 Å². The summed E-state index contributed by atoms with van der Waals surface area (Å²) in [7, 11) is 3.56. The first-order chi connectivity index (χ1) is 40.1. The maximum Gasteiger partial charge on any atom is 0.275 e. The maximum absolute atomic E-state index is 14.3. The van der Waals surface area contributed by atoms with E-state index >= 15 is 0 Å². The predicted octanol–water partition coefficient (Wildman–Crippen LogP) is 9.57. The lowest BCUT2D eigenvalue weighted by atomic mass is 10.1. The van der Waals surface area contributed by atoms with E-state index in [0.717, 1.165) is 57.1 Å². The van der Waals surface area contributed by atoms with Gasteiger partial charge in [-0.15, -0.1) is 0 Å². The van der Waals surface area contributed by atoms with E-state index in [1.165, 1.54) is 40.5 Å². The first-order valence-corrected chi connectivity index (χ1v) is 33.2. The van der Waals surface area contributed by atoms with E-state index in [4.69, 9.17) is 14.2 Å². The lowest BCUT2D eigenvalue weighted by Crippen LogP contribution is -2.41. The van der Waals surface area contributed by atoms with Gasteiger partial charge in [0.05, 0.1) is 46.9 Å². The number of ether oxygens (including phenoxy) is 3. The third kappa shape index (κ3) is 12.9. The van der Waals surface area contributed by atoms with Crippen LogP contribution in [0.2, 0.25) is 0 Å². The topological polar surface area (TPSA) is 213 Å². The molecule has 22 heteroatoms. The number of Topliss-reactive ketones (excluding diaryl/α,β-unsaturated/α-hetero) is 1. The van der Waals surface area contributed by atoms with Gasteiger partial charge in [-0.1, -0.05) is 58.0 Å². The van der Waals surface area contributed by atoms with Crippen LogP contribution in [-0.2, 0) is 55.4 Å². The van der Waals surface area contributed by atoms with Crippen LogP contribution in [0.1, 0.15) is 101 Å². The number of nitrogens with zero attached hydrogens (tertiary/aromatic N) is 5. The second-order valence-corrected chi connectivity index (χ2v) is 28.5. The first-order valence-electron chi connectivity index (χ1n) is 28.1. The van der Waals surface area contributed by atoms with Crippen molar-refractivity contribution >= 4 is 107 Å². The van der Waals surface area contributed by atoms with E-state index in [1.807, 2.05) is 117 Å². The van der Waals surface area contributed by atoms with Gasteiger partial charge in [0, 0.05) is 92.7 Å². The Hall–Kier alpha value is -6.72. The summed E-state index contributed by atoms with van der Waals surface area (Å²) in [5, 5.41) is 0.979. The molecule has 5 heterocycles. The molecular formula is C62H70N6O12S4. The summed E-state index contributed by atoms with van der Waals surface area (Å²) >= 11 is 1.28. The molecule has 0 bridgehead atoms. The summed E-state index contributed by atoms with van der Waals surface area (Å²) in [5.41, 5.74) is 9.48. The van der Waals surface area contributed by atoms with Crippen LogP contribution in [0.25, 0.3) is 0 Å². The Morgan fingerprint density at radius 3 is 1.89 bits per heavy atom. The van der Waals surface area contributed by atoms with Gasteiger partial charge in [0.25, 0.3) is 21.9 Å². The quantitative estimate of drug-likeness (QED) is 0.0270.